The maximum absolute atomic E-state index is 11.6. The predicted octanol–water partition coefficient (Wildman–Crippen LogP) is 0.963. The highest BCUT2D eigenvalue weighted by molar-refractivity contribution is 7.12. The van der Waals surface area contributed by atoms with Gasteiger partial charge >= 0.3 is 0 Å². The summed E-state index contributed by atoms with van der Waals surface area (Å²) in [6, 6.07) is 3.56. The molecule has 0 spiro atoms. The molecule has 0 aromatic carbocycles. The number of amides is 2. The van der Waals surface area contributed by atoms with Crippen LogP contribution in [-0.4, -0.2) is 30.7 Å². The van der Waals surface area contributed by atoms with Gasteiger partial charge in [0.2, 0.25) is 11.8 Å². The Kier molecular flexibility index (Phi) is 6.07. The second-order valence-electron chi connectivity index (χ2n) is 3.73. The third kappa shape index (κ3) is 5.58. The summed E-state index contributed by atoms with van der Waals surface area (Å²) in [5, 5.41) is 7.04. The van der Waals surface area contributed by atoms with Gasteiger partial charge in [-0.15, -0.1) is 11.3 Å². The van der Waals surface area contributed by atoms with E-state index >= 15 is 0 Å². The lowest BCUT2D eigenvalue weighted by atomic mass is 10.2. The van der Waals surface area contributed by atoms with Crippen LogP contribution in [0.3, 0.4) is 0 Å². The van der Waals surface area contributed by atoms with E-state index in [4.69, 9.17) is 0 Å². The first-order valence-corrected chi connectivity index (χ1v) is 6.55. The topological polar surface area (TPSA) is 75.3 Å². The summed E-state index contributed by atoms with van der Waals surface area (Å²) in [4.78, 5) is 34.2. The lowest BCUT2D eigenvalue weighted by Crippen LogP contribution is -2.33. The van der Waals surface area contributed by atoms with Crippen LogP contribution in [0.5, 0.6) is 0 Å². The number of nitrogens with one attached hydrogen (secondary N) is 2. The molecular formula is C12H16N2O3S. The first-order valence-electron chi connectivity index (χ1n) is 5.67. The summed E-state index contributed by atoms with van der Waals surface area (Å²) in [7, 11) is 0. The molecule has 0 unspecified atom stereocenters. The average molecular weight is 268 g/mol. The molecule has 0 atom stereocenters. The Morgan fingerprint density at radius 3 is 2.50 bits per heavy atom. The molecule has 2 N–H and O–H groups in total. The van der Waals surface area contributed by atoms with Gasteiger partial charge in [-0.05, 0) is 11.4 Å². The zero-order valence-corrected chi connectivity index (χ0v) is 11.0. The fourth-order valence-corrected chi connectivity index (χ4v) is 2.01. The van der Waals surface area contributed by atoms with Crippen molar-refractivity contribution in [2.24, 2.45) is 0 Å². The number of carbonyl (C=O) groups excluding carboxylic acids is 3. The molecule has 0 aliphatic carbocycles. The van der Waals surface area contributed by atoms with Crippen molar-refractivity contribution in [2.75, 3.05) is 13.1 Å². The number of hydrogen-bond acceptors (Lipinski definition) is 4. The maximum Gasteiger partial charge on any atom is 0.220 e. The first kappa shape index (κ1) is 14.4. The van der Waals surface area contributed by atoms with E-state index in [0.717, 1.165) is 0 Å². The normalized spacial score (nSPS) is 9.83. The zero-order valence-electron chi connectivity index (χ0n) is 10.2. The molecule has 98 valence electrons. The van der Waals surface area contributed by atoms with Crippen LogP contribution in [0.15, 0.2) is 17.5 Å². The van der Waals surface area contributed by atoms with Crippen LogP contribution in [0.25, 0.3) is 0 Å². The van der Waals surface area contributed by atoms with Crippen LogP contribution in [0.1, 0.15) is 29.4 Å². The molecule has 0 saturated heterocycles. The molecule has 1 aromatic rings. The van der Waals surface area contributed by atoms with E-state index in [2.05, 4.69) is 10.6 Å². The number of Topliss-reactive ketones (excluding diaryl/α,β-unsaturated/α-hetero) is 1. The zero-order chi connectivity index (χ0) is 13.4. The molecule has 1 rings (SSSR count). The third-order valence-corrected chi connectivity index (χ3v) is 3.11. The van der Waals surface area contributed by atoms with E-state index in [1.54, 1.807) is 6.07 Å². The number of rotatable bonds is 7. The molecule has 2 amide bonds. The van der Waals surface area contributed by atoms with Crippen molar-refractivity contribution >= 4 is 28.9 Å². The van der Waals surface area contributed by atoms with Gasteiger partial charge in [0.1, 0.15) is 0 Å². The van der Waals surface area contributed by atoms with Crippen LogP contribution < -0.4 is 10.6 Å². The van der Waals surface area contributed by atoms with Gasteiger partial charge in [0.15, 0.2) is 5.78 Å². The minimum Gasteiger partial charge on any atom is -0.355 e. The van der Waals surface area contributed by atoms with Gasteiger partial charge in [-0.2, -0.15) is 0 Å². The third-order valence-electron chi connectivity index (χ3n) is 2.20. The molecule has 0 fully saturated rings. The summed E-state index contributed by atoms with van der Waals surface area (Å²) >= 11 is 1.38. The van der Waals surface area contributed by atoms with E-state index in [0.29, 0.717) is 18.0 Å². The first-order chi connectivity index (χ1) is 8.59. The molecule has 6 heteroatoms. The molecule has 0 aliphatic rings. The Balaban J connectivity index is 2.13. The van der Waals surface area contributed by atoms with Gasteiger partial charge in [-0.3, -0.25) is 14.4 Å². The van der Waals surface area contributed by atoms with Gasteiger partial charge in [-0.1, -0.05) is 6.07 Å². The van der Waals surface area contributed by atoms with Gasteiger partial charge in [0, 0.05) is 32.9 Å². The fourth-order valence-electron chi connectivity index (χ4n) is 1.32. The average Bonchev–Trinajstić information content (AvgIpc) is 2.85. The van der Waals surface area contributed by atoms with Crippen molar-refractivity contribution in [2.45, 2.75) is 19.8 Å². The largest absolute Gasteiger partial charge is 0.355 e. The Hall–Kier alpha value is -1.69. The Morgan fingerprint density at radius 1 is 1.17 bits per heavy atom. The van der Waals surface area contributed by atoms with Crippen molar-refractivity contribution in [3.63, 3.8) is 0 Å². The molecule has 0 radical (unpaired) electrons. The number of hydrogen-bond donors (Lipinski definition) is 2. The Bertz CT molecular complexity index is 415. The smallest absolute Gasteiger partial charge is 0.220 e. The molecular weight excluding hydrogens is 252 g/mol. The monoisotopic (exact) mass is 268 g/mol. The van der Waals surface area contributed by atoms with Crippen molar-refractivity contribution in [1.29, 1.82) is 0 Å². The van der Waals surface area contributed by atoms with Gasteiger partial charge in [0.05, 0.1) is 4.88 Å². The molecule has 1 aromatic heterocycles. The SMILES string of the molecule is CC(=O)NCCNC(=O)CCC(=O)c1cccs1. The van der Waals surface area contributed by atoms with Crippen molar-refractivity contribution in [3.8, 4) is 0 Å². The molecule has 0 aliphatic heterocycles. The fraction of sp³-hybridized carbons (Fsp3) is 0.417. The van der Waals surface area contributed by atoms with Crippen molar-refractivity contribution in [1.82, 2.24) is 10.6 Å². The summed E-state index contributed by atoms with van der Waals surface area (Å²) in [6.07, 6.45) is 0.392. The van der Waals surface area contributed by atoms with E-state index in [-0.39, 0.29) is 30.4 Å². The number of ketones is 1. The quantitative estimate of drug-likeness (QED) is 0.571. The number of carbonyl (C=O) groups is 3. The van der Waals surface area contributed by atoms with Crippen LogP contribution in [0, 0.1) is 0 Å². The summed E-state index contributed by atoms with van der Waals surface area (Å²) in [6.45, 7) is 2.20. The highest BCUT2D eigenvalue weighted by atomic mass is 32.1. The van der Waals surface area contributed by atoms with E-state index < -0.39 is 0 Å². The van der Waals surface area contributed by atoms with Crippen LogP contribution in [0.2, 0.25) is 0 Å². The molecule has 0 saturated carbocycles. The molecule has 1 heterocycles. The predicted molar refractivity (Wildman–Crippen MR) is 69.6 cm³/mol. The Labute approximate surface area is 110 Å². The minimum atomic E-state index is -0.176. The van der Waals surface area contributed by atoms with E-state index in [1.165, 1.54) is 18.3 Å². The highest BCUT2D eigenvalue weighted by Gasteiger charge is 2.09. The van der Waals surface area contributed by atoms with Gasteiger partial charge < -0.3 is 10.6 Å². The van der Waals surface area contributed by atoms with Crippen LogP contribution >= 0.6 is 11.3 Å². The van der Waals surface area contributed by atoms with E-state index in [9.17, 15) is 14.4 Å². The molecule has 0 bridgehead atoms. The summed E-state index contributed by atoms with van der Waals surface area (Å²) < 4.78 is 0. The van der Waals surface area contributed by atoms with Crippen molar-refractivity contribution < 1.29 is 14.4 Å². The van der Waals surface area contributed by atoms with Gasteiger partial charge in [-0.25, -0.2) is 0 Å². The lowest BCUT2D eigenvalue weighted by molar-refractivity contribution is -0.122. The highest BCUT2D eigenvalue weighted by Crippen LogP contribution is 2.11. The summed E-state index contributed by atoms with van der Waals surface area (Å²) in [5.41, 5.74) is 0. The minimum absolute atomic E-state index is 0.0120. The van der Waals surface area contributed by atoms with Crippen molar-refractivity contribution in [3.05, 3.63) is 22.4 Å². The Morgan fingerprint density at radius 2 is 1.89 bits per heavy atom. The molecule has 5 nitrogen and oxygen atoms in total. The second-order valence-corrected chi connectivity index (χ2v) is 4.68. The van der Waals surface area contributed by atoms with Crippen LogP contribution in [-0.2, 0) is 9.59 Å². The lowest BCUT2D eigenvalue weighted by Gasteiger charge is -2.04. The summed E-state index contributed by atoms with van der Waals surface area (Å²) in [5.74, 6) is -0.315. The van der Waals surface area contributed by atoms with E-state index in [1.807, 2.05) is 11.4 Å². The second kappa shape index (κ2) is 7.60. The maximum atomic E-state index is 11.6. The van der Waals surface area contributed by atoms with Gasteiger partial charge in [0.25, 0.3) is 0 Å². The standard InChI is InChI=1S/C12H16N2O3S/c1-9(15)13-6-7-14-12(17)5-4-10(16)11-3-2-8-18-11/h2-3,8H,4-7H2,1H3,(H,13,15)(H,14,17). The number of thiophene rings is 1. The molecule has 18 heavy (non-hydrogen) atoms. The van der Waals surface area contributed by atoms with Crippen LogP contribution in [0.4, 0.5) is 0 Å².